The second-order valence-electron chi connectivity index (χ2n) is 7.96. The summed E-state index contributed by atoms with van der Waals surface area (Å²) >= 11 is 3.46. The maximum atomic E-state index is 13.6. The molecular weight excluding hydrogens is 498 g/mol. The van der Waals surface area contributed by atoms with Crippen molar-refractivity contribution in [2.24, 2.45) is 0 Å². The Balaban J connectivity index is 1.52. The number of fused-ring (bicyclic) bond motifs is 1. The minimum absolute atomic E-state index is 0.158. The van der Waals surface area contributed by atoms with Crippen LogP contribution in [0.5, 0.6) is 0 Å². The maximum absolute atomic E-state index is 13.6. The number of benzene rings is 2. The smallest absolute Gasteiger partial charge is 0.192 e. The van der Waals surface area contributed by atoms with Gasteiger partial charge in [0.1, 0.15) is 24.1 Å². The molecule has 2 aromatic carbocycles. The zero-order valence-electron chi connectivity index (χ0n) is 18.3. The number of hydrogen-bond acceptors (Lipinski definition) is 6. The zero-order valence-corrected chi connectivity index (χ0v) is 19.9. The summed E-state index contributed by atoms with van der Waals surface area (Å²) in [6, 6.07) is 17.5. The fraction of sp³-hybridized carbons (Fsp3) is 0.154. The van der Waals surface area contributed by atoms with Crippen LogP contribution in [0, 0.1) is 0 Å². The fourth-order valence-electron chi connectivity index (χ4n) is 4.10. The first kappa shape index (κ1) is 22.2. The SMILES string of the molecule is CC1=C(C(c2ccc(Br)cc2)n2cc(COCc3ccco3)nn2)C(=O)c2ccccc2C1=O. The van der Waals surface area contributed by atoms with Gasteiger partial charge in [-0.3, -0.25) is 9.59 Å². The van der Waals surface area contributed by atoms with Gasteiger partial charge in [0, 0.05) is 26.7 Å². The molecule has 8 heteroatoms. The number of carbonyl (C=O) groups excluding carboxylic acids is 2. The molecule has 0 spiro atoms. The zero-order chi connectivity index (χ0) is 23.7. The normalized spacial score (nSPS) is 14.4. The summed E-state index contributed by atoms with van der Waals surface area (Å²) in [5.41, 5.74) is 3.03. The van der Waals surface area contributed by atoms with Crippen molar-refractivity contribution in [2.45, 2.75) is 26.2 Å². The van der Waals surface area contributed by atoms with Crippen LogP contribution in [0.25, 0.3) is 0 Å². The minimum Gasteiger partial charge on any atom is -0.467 e. The van der Waals surface area contributed by atoms with Crippen molar-refractivity contribution in [3.8, 4) is 0 Å². The van der Waals surface area contributed by atoms with Crippen LogP contribution in [0.4, 0.5) is 0 Å². The molecule has 2 heterocycles. The van der Waals surface area contributed by atoms with E-state index in [4.69, 9.17) is 9.15 Å². The highest BCUT2D eigenvalue weighted by Crippen LogP contribution is 2.36. The molecule has 2 aromatic heterocycles. The Labute approximate surface area is 204 Å². The molecule has 4 aromatic rings. The van der Waals surface area contributed by atoms with Crippen LogP contribution in [0.3, 0.4) is 0 Å². The Kier molecular flexibility index (Phi) is 6.08. The molecule has 1 atom stereocenters. The summed E-state index contributed by atoms with van der Waals surface area (Å²) in [4.78, 5) is 26.8. The van der Waals surface area contributed by atoms with Crippen molar-refractivity contribution in [3.63, 3.8) is 0 Å². The van der Waals surface area contributed by atoms with Gasteiger partial charge in [-0.15, -0.1) is 5.10 Å². The van der Waals surface area contributed by atoms with Crippen molar-refractivity contribution in [1.29, 1.82) is 0 Å². The number of carbonyl (C=O) groups is 2. The van der Waals surface area contributed by atoms with Gasteiger partial charge in [-0.05, 0) is 36.8 Å². The third-order valence-corrected chi connectivity index (χ3v) is 6.29. The van der Waals surface area contributed by atoms with Crippen LogP contribution < -0.4 is 0 Å². The molecule has 1 aliphatic carbocycles. The first-order valence-electron chi connectivity index (χ1n) is 10.7. The molecule has 7 nitrogen and oxygen atoms in total. The molecule has 170 valence electrons. The molecule has 0 saturated heterocycles. The molecule has 0 aliphatic heterocycles. The molecule has 0 amide bonds. The van der Waals surface area contributed by atoms with E-state index in [1.807, 2.05) is 30.3 Å². The van der Waals surface area contributed by atoms with Crippen molar-refractivity contribution in [2.75, 3.05) is 0 Å². The summed E-state index contributed by atoms with van der Waals surface area (Å²) in [7, 11) is 0. The van der Waals surface area contributed by atoms with Crippen molar-refractivity contribution < 1.29 is 18.7 Å². The lowest BCUT2D eigenvalue weighted by Crippen LogP contribution is -2.28. The minimum atomic E-state index is -0.621. The van der Waals surface area contributed by atoms with Gasteiger partial charge >= 0.3 is 0 Å². The number of rotatable bonds is 7. The van der Waals surface area contributed by atoms with E-state index in [9.17, 15) is 9.59 Å². The highest BCUT2D eigenvalue weighted by Gasteiger charge is 2.36. The first-order chi connectivity index (χ1) is 16.5. The Morgan fingerprint density at radius 1 is 0.971 bits per heavy atom. The van der Waals surface area contributed by atoms with Gasteiger partial charge in [0.15, 0.2) is 11.6 Å². The number of nitrogens with zero attached hydrogens (tertiary/aromatic N) is 3. The molecule has 0 fully saturated rings. The summed E-state index contributed by atoms with van der Waals surface area (Å²) in [6.45, 7) is 2.23. The second kappa shape index (κ2) is 9.32. The number of Topliss-reactive ketones (excluding diaryl/α,β-unsaturated/α-hetero) is 2. The molecule has 5 rings (SSSR count). The largest absolute Gasteiger partial charge is 0.467 e. The average Bonchev–Trinajstić information content (AvgIpc) is 3.54. The number of hydrogen-bond donors (Lipinski definition) is 0. The van der Waals surface area contributed by atoms with Crippen LogP contribution in [0.1, 0.15) is 50.7 Å². The van der Waals surface area contributed by atoms with E-state index in [1.165, 1.54) is 0 Å². The highest BCUT2D eigenvalue weighted by atomic mass is 79.9. The van der Waals surface area contributed by atoms with Gasteiger partial charge in [0.05, 0.1) is 19.1 Å². The number of aromatic nitrogens is 3. The number of allylic oxidation sites excluding steroid dienone is 2. The summed E-state index contributed by atoms with van der Waals surface area (Å²) in [5, 5.41) is 8.55. The fourth-order valence-corrected chi connectivity index (χ4v) is 4.37. The Morgan fingerprint density at radius 2 is 1.71 bits per heavy atom. The van der Waals surface area contributed by atoms with Crippen LogP contribution >= 0.6 is 15.9 Å². The molecule has 0 bridgehead atoms. The van der Waals surface area contributed by atoms with Gasteiger partial charge in [-0.1, -0.05) is 57.5 Å². The van der Waals surface area contributed by atoms with E-state index in [2.05, 4.69) is 26.2 Å². The number of ether oxygens (including phenoxy) is 1. The molecule has 0 radical (unpaired) electrons. The molecule has 0 N–H and O–H groups in total. The Bertz CT molecular complexity index is 1390. The second-order valence-corrected chi connectivity index (χ2v) is 8.87. The third kappa shape index (κ3) is 4.18. The van der Waals surface area contributed by atoms with Gasteiger partial charge < -0.3 is 9.15 Å². The van der Waals surface area contributed by atoms with Gasteiger partial charge in [0.2, 0.25) is 0 Å². The summed E-state index contributed by atoms with van der Waals surface area (Å²) < 4.78 is 13.5. The van der Waals surface area contributed by atoms with Crippen molar-refractivity contribution in [3.05, 3.63) is 117 Å². The van der Waals surface area contributed by atoms with Crippen LogP contribution in [-0.4, -0.2) is 26.6 Å². The molecule has 1 unspecified atom stereocenters. The lowest BCUT2D eigenvalue weighted by atomic mass is 9.80. The van der Waals surface area contributed by atoms with Gasteiger partial charge in [-0.2, -0.15) is 0 Å². The lowest BCUT2D eigenvalue weighted by Gasteiger charge is -2.26. The van der Waals surface area contributed by atoms with Crippen LogP contribution in [0.2, 0.25) is 0 Å². The van der Waals surface area contributed by atoms with E-state index in [0.717, 1.165) is 10.0 Å². The van der Waals surface area contributed by atoms with Crippen molar-refractivity contribution in [1.82, 2.24) is 15.0 Å². The average molecular weight is 518 g/mol. The standard InChI is InChI=1S/C26H20BrN3O4/c1-16-23(26(32)22-7-3-2-6-21(22)25(16)31)24(17-8-10-18(27)11-9-17)30-13-19(28-29-30)14-33-15-20-5-4-12-34-20/h2-13,24H,14-15H2,1H3. The summed E-state index contributed by atoms with van der Waals surface area (Å²) in [6.07, 6.45) is 3.34. The van der Waals surface area contributed by atoms with E-state index in [1.54, 1.807) is 54.4 Å². The summed E-state index contributed by atoms with van der Waals surface area (Å²) in [5.74, 6) is 0.368. The molecule has 34 heavy (non-hydrogen) atoms. The first-order valence-corrected chi connectivity index (χ1v) is 11.5. The highest BCUT2D eigenvalue weighted by molar-refractivity contribution is 9.10. The predicted molar refractivity (Wildman–Crippen MR) is 127 cm³/mol. The quantitative estimate of drug-likeness (QED) is 0.329. The van der Waals surface area contributed by atoms with Gasteiger partial charge in [-0.25, -0.2) is 4.68 Å². The van der Waals surface area contributed by atoms with E-state index >= 15 is 0 Å². The third-order valence-electron chi connectivity index (χ3n) is 5.76. The van der Waals surface area contributed by atoms with Gasteiger partial charge in [0.25, 0.3) is 0 Å². The van der Waals surface area contributed by atoms with E-state index < -0.39 is 6.04 Å². The number of halogens is 1. The lowest BCUT2D eigenvalue weighted by molar-refractivity contribution is 0.0905. The predicted octanol–water partition coefficient (Wildman–Crippen LogP) is 5.34. The topological polar surface area (TPSA) is 87.2 Å². The molecule has 0 saturated carbocycles. The number of furan rings is 1. The Hall–Kier alpha value is -3.62. The van der Waals surface area contributed by atoms with E-state index in [0.29, 0.717) is 40.3 Å². The van der Waals surface area contributed by atoms with E-state index in [-0.39, 0.29) is 18.2 Å². The van der Waals surface area contributed by atoms with Crippen LogP contribution in [-0.2, 0) is 18.0 Å². The van der Waals surface area contributed by atoms with Crippen LogP contribution in [0.15, 0.2) is 93.2 Å². The molecular formula is C26H20BrN3O4. The molecule has 1 aliphatic rings. The Morgan fingerprint density at radius 3 is 2.41 bits per heavy atom. The van der Waals surface area contributed by atoms with Crippen molar-refractivity contribution >= 4 is 27.5 Å². The maximum Gasteiger partial charge on any atom is 0.192 e. The number of ketones is 2. The monoisotopic (exact) mass is 517 g/mol.